The molecule has 4 aromatic rings. The molecule has 4 heterocycles. The second kappa shape index (κ2) is 8.26. The van der Waals surface area contributed by atoms with Crippen LogP contribution in [-0.2, 0) is 0 Å². The number of hydrogen-bond donors (Lipinski definition) is 3. The number of aromatic nitrogens is 4. The monoisotopic (exact) mass is 414 g/mol. The van der Waals surface area contributed by atoms with E-state index in [0.29, 0.717) is 11.6 Å². The van der Waals surface area contributed by atoms with E-state index in [-0.39, 0.29) is 5.91 Å². The molecule has 5 rings (SSSR count). The number of aromatic amines is 2. The summed E-state index contributed by atoms with van der Waals surface area (Å²) in [6, 6.07) is 14.1. The Morgan fingerprint density at radius 3 is 2.97 bits per heavy atom. The summed E-state index contributed by atoms with van der Waals surface area (Å²) in [5, 5.41) is 4.67. The molecule has 0 aliphatic carbocycles. The Balaban J connectivity index is 1.27. The second-order valence-electron chi connectivity index (χ2n) is 8.19. The molecule has 0 spiro atoms. The van der Waals surface area contributed by atoms with E-state index in [1.165, 1.54) is 5.39 Å². The smallest absolute Gasteiger partial charge is 0.270 e. The molecule has 1 aliphatic rings. The van der Waals surface area contributed by atoms with Crippen molar-refractivity contribution in [3.8, 4) is 11.3 Å². The SMILES string of the molecule is Cc1nc(NCC2CCCN(C(=O)c3ccc[nH]3)C2)cc(-c2ccc3cc[nH]c3c2)n1. The number of fused-ring (bicyclic) bond motifs is 1. The molecular formula is C24H26N6O. The van der Waals surface area contributed by atoms with Gasteiger partial charge in [-0.25, -0.2) is 9.97 Å². The summed E-state index contributed by atoms with van der Waals surface area (Å²) in [4.78, 5) is 30.1. The fourth-order valence-corrected chi connectivity index (χ4v) is 4.31. The van der Waals surface area contributed by atoms with E-state index in [0.717, 1.165) is 60.9 Å². The highest BCUT2D eigenvalue weighted by molar-refractivity contribution is 5.92. The van der Waals surface area contributed by atoms with E-state index < -0.39 is 0 Å². The summed E-state index contributed by atoms with van der Waals surface area (Å²) in [6.07, 6.45) is 5.85. The summed E-state index contributed by atoms with van der Waals surface area (Å²) >= 11 is 0. The van der Waals surface area contributed by atoms with Gasteiger partial charge in [0.15, 0.2) is 0 Å². The zero-order chi connectivity index (χ0) is 21.2. The molecule has 0 bridgehead atoms. The maximum Gasteiger partial charge on any atom is 0.270 e. The Morgan fingerprint density at radius 1 is 1.16 bits per heavy atom. The van der Waals surface area contributed by atoms with Crippen molar-refractivity contribution in [1.29, 1.82) is 0 Å². The maximum atomic E-state index is 12.7. The molecule has 1 unspecified atom stereocenters. The highest BCUT2D eigenvalue weighted by Crippen LogP contribution is 2.25. The predicted molar refractivity (Wildman–Crippen MR) is 122 cm³/mol. The molecule has 1 aromatic carbocycles. The van der Waals surface area contributed by atoms with E-state index in [9.17, 15) is 4.79 Å². The molecule has 0 saturated carbocycles. The zero-order valence-corrected chi connectivity index (χ0v) is 17.6. The third-order valence-electron chi connectivity index (χ3n) is 5.90. The number of carbonyl (C=O) groups is 1. The van der Waals surface area contributed by atoms with Crippen LogP contribution in [0.15, 0.2) is 54.9 Å². The number of nitrogens with one attached hydrogen (secondary N) is 3. The van der Waals surface area contributed by atoms with Gasteiger partial charge in [-0.1, -0.05) is 12.1 Å². The topological polar surface area (TPSA) is 89.7 Å². The van der Waals surface area contributed by atoms with Crippen molar-refractivity contribution in [3.63, 3.8) is 0 Å². The molecule has 1 amide bonds. The third-order valence-corrected chi connectivity index (χ3v) is 5.90. The van der Waals surface area contributed by atoms with Crippen LogP contribution in [0.5, 0.6) is 0 Å². The molecule has 1 atom stereocenters. The molecular weight excluding hydrogens is 388 g/mol. The van der Waals surface area contributed by atoms with Gasteiger partial charge in [0.25, 0.3) is 5.91 Å². The molecule has 31 heavy (non-hydrogen) atoms. The predicted octanol–water partition coefficient (Wildman–Crippen LogP) is 4.23. The van der Waals surface area contributed by atoms with Crippen molar-refractivity contribution in [2.45, 2.75) is 19.8 Å². The van der Waals surface area contributed by atoms with Crippen LogP contribution in [0.25, 0.3) is 22.2 Å². The largest absolute Gasteiger partial charge is 0.370 e. The van der Waals surface area contributed by atoms with Gasteiger partial charge >= 0.3 is 0 Å². The lowest BCUT2D eigenvalue weighted by molar-refractivity contribution is 0.0675. The van der Waals surface area contributed by atoms with Crippen molar-refractivity contribution in [1.82, 2.24) is 24.8 Å². The summed E-state index contributed by atoms with van der Waals surface area (Å²) in [5.74, 6) is 2.02. The van der Waals surface area contributed by atoms with E-state index in [1.807, 2.05) is 36.2 Å². The molecule has 3 N–H and O–H groups in total. The van der Waals surface area contributed by atoms with Gasteiger partial charge in [-0.15, -0.1) is 0 Å². The lowest BCUT2D eigenvalue weighted by Gasteiger charge is -2.32. The first kappa shape index (κ1) is 19.4. The summed E-state index contributed by atoms with van der Waals surface area (Å²) in [5.41, 5.74) is 3.71. The van der Waals surface area contributed by atoms with Gasteiger partial charge in [-0.05, 0) is 55.3 Å². The van der Waals surface area contributed by atoms with Crippen molar-refractivity contribution in [3.05, 3.63) is 66.4 Å². The lowest BCUT2D eigenvalue weighted by atomic mass is 9.97. The standard InChI is InChI=1S/C24H26N6O/c1-16-28-22(19-7-6-18-8-10-26-21(18)12-19)13-23(29-16)27-14-17-4-3-11-30(15-17)24(31)20-5-2-9-25-20/h2,5-10,12-13,17,25-26H,3-4,11,14-15H2,1H3,(H,27,28,29). The van der Waals surface area contributed by atoms with E-state index in [4.69, 9.17) is 0 Å². The molecule has 7 nitrogen and oxygen atoms in total. The van der Waals surface area contributed by atoms with Crippen LogP contribution in [0.3, 0.4) is 0 Å². The van der Waals surface area contributed by atoms with Crippen molar-refractivity contribution in [2.24, 2.45) is 5.92 Å². The van der Waals surface area contributed by atoms with Gasteiger partial charge in [0, 0.05) is 49.2 Å². The van der Waals surface area contributed by atoms with Gasteiger partial charge in [0.05, 0.1) is 5.69 Å². The van der Waals surface area contributed by atoms with Gasteiger partial charge in [0.2, 0.25) is 0 Å². The van der Waals surface area contributed by atoms with E-state index >= 15 is 0 Å². The van der Waals surface area contributed by atoms with Crippen LogP contribution in [0.2, 0.25) is 0 Å². The Bertz CT molecular complexity index is 1200. The van der Waals surface area contributed by atoms with E-state index in [2.05, 4.69) is 49.5 Å². The fraction of sp³-hybridized carbons (Fsp3) is 0.292. The highest BCUT2D eigenvalue weighted by Gasteiger charge is 2.25. The summed E-state index contributed by atoms with van der Waals surface area (Å²) < 4.78 is 0. The second-order valence-corrected chi connectivity index (χ2v) is 8.19. The Labute approximate surface area is 180 Å². The first-order valence-corrected chi connectivity index (χ1v) is 10.8. The number of likely N-dealkylation sites (tertiary alicyclic amines) is 1. The first-order chi connectivity index (χ1) is 15.2. The van der Waals surface area contributed by atoms with Crippen LogP contribution >= 0.6 is 0 Å². The molecule has 1 fully saturated rings. The summed E-state index contributed by atoms with van der Waals surface area (Å²) in [6.45, 7) is 4.26. The number of rotatable bonds is 5. The molecule has 1 aliphatic heterocycles. The highest BCUT2D eigenvalue weighted by atomic mass is 16.2. The van der Waals surface area contributed by atoms with Crippen LogP contribution in [0.4, 0.5) is 5.82 Å². The van der Waals surface area contributed by atoms with Gasteiger partial charge in [-0.2, -0.15) is 0 Å². The van der Waals surface area contributed by atoms with Gasteiger partial charge < -0.3 is 20.2 Å². The number of amides is 1. The number of aryl methyl sites for hydroxylation is 1. The van der Waals surface area contributed by atoms with Crippen molar-refractivity contribution < 1.29 is 4.79 Å². The average molecular weight is 415 g/mol. The molecule has 3 aromatic heterocycles. The normalized spacial score (nSPS) is 16.5. The number of piperidine rings is 1. The number of H-pyrrole nitrogens is 2. The van der Waals surface area contributed by atoms with Gasteiger partial charge in [0.1, 0.15) is 17.3 Å². The Kier molecular flexibility index (Phi) is 5.16. The number of benzene rings is 1. The minimum absolute atomic E-state index is 0.0783. The number of hydrogen-bond acceptors (Lipinski definition) is 4. The van der Waals surface area contributed by atoms with Crippen LogP contribution < -0.4 is 5.32 Å². The summed E-state index contributed by atoms with van der Waals surface area (Å²) in [7, 11) is 0. The molecule has 158 valence electrons. The maximum absolute atomic E-state index is 12.7. The van der Waals surface area contributed by atoms with Crippen LogP contribution in [-0.4, -0.2) is 50.4 Å². The first-order valence-electron chi connectivity index (χ1n) is 10.8. The molecule has 0 radical (unpaired) electrons. The minimum atomic E-state index is 0.0783. The number of anilines is 1. The van der Waals surface area contributed by atoms with Crippen LogP contribution in [0.1, 0.15) is 29.2 Å². The lowest BCUT2D eigenvalue weighted by Crippen LogP contribution is -2.42. The fourth-order valence-electron chi connectivity index (χ4n) is 4.31. The zero-order valence-electron chi connectivity index (χ0n) is 17.6. The van der Waals surface area contributed by atoms with Crippen molar-refractivity contribution in [2.75, 3.05) is 25.0 Å². The number of nitrogens with zero attached hydrogens (tertiary/aromatic N) is 3. The minimum Gasteiger partial charge on any atom is -0.370 e. The van der Waals surface area contributed by atoms with E-state index in [1.54, 1.807) is 6.20 Å². The molecule has 1 saturated heterocycles. The molecule has 7 heteroatoms. The quantitative estimate of drug-likeness (QED) is 0.456. The average Bonchev–Trinajstić information content (AvgIpc) is 3.48. The van der Waals surface area contributed by atoms with Gasteiger partial charge in [-0.3, -0.25) is 4.79 Å². The Morgan fingerprint density at radius 2 is 2.10 bits per heavy atom. The Hall–Kier alpha value is -3.61. The number of carbonyl (C=O) groups excluding carboxylic acids is 1. The van der Waals surface area contributed by atoms with Crippen molar-refractivity contribution >= 4 is 22.6 Å². The third kappa shape index (κ3) is 4.17. The van der Waals surface area contributed by atoms with Crippen LogP contribution in [0, 0.1) is 12.8 Å².